The van der Waals surface area contributed by atoms with E-state index in [0.717, 1.165) is 56.9 Å². The zero-order valence-electron chi connectivity index (χ0n) is 19.1. The normalized spacial score (nSPS) is 11.6. The van der Waals surface area contributed by atoms with E-state index in [1.807, 2.05) is 66.9 Å². The van der Waals surface area contributed by atoms with Crippen molar-refractivity contribution in [1.82, 2.24) is 15.1 Å². The Hall–Kier alpha value is -3.26. The molecule has 0 atom stereocenters. The second-order valence-electron chi connectivity index (χ2n) is 8.03. The molecule has 0 aliphatic carbocycles. The number of hydrogen-bond donors (Lipinski definition) is 2. The number of nitrogens with one attached hydrogen (secondary N) is 2. The number of nitrogens with zero attached hydrogens (tertiary/aromatic N) is 2. The maximum absolute atomic E-state index is 13.0. The summed E-state index contributed by atoms with van der Waals surface area (Å²) in [7, 11) is 3.76. The molecule has 2 aromatic carbocycles. The number of methoxy groups -OCH3 is 1. The van der Waals surface area contributed by atoms with Gasteiger partial charge in [-0.15, -0.1) is 11.3 Å². The van der Waals surface area contributed by atoms with Gasteiger partial charge in [-0.25, -0.2) is 0 Å². The third-order valence-corrected chi connectivity index (χ3v) is 6.50. The molecular formula is C26H28N4O2S. The maximum atomic E-state index is 13.0. The molecule has 0 fully saturated rings. The number of aromatic amines is 1. The molecule has 0 spiro atoms. The number of fused-ring (bicyclic) bond motifs is 1. The van der Waals surface area contributed by atoms with Crippen molar-refractivity contribution in [3.05, 3.63) is 81.2 Å². The van der Waals surface area contributed by atoms with E-state index in [1.165, 1.54) is 11.3 Å². The molecule has 6 nitrogen and oxygen atoms in total. The number of para-hydroxylation sites is 1. The summed E-state index contributed by atoms with van der Waals surface area (Å²) < 4.78 is 5.18. The molecule has 0 aliphatic rings. The van der Waals surface area contributed by atoms with E-state index in [4.69, 9.17) is 4.74 Å². The second-order valence-corrected chi connectivity index (χ2v) is 8.94. The van der Waals surface area contributed by atoms with Crippen LogP contribution in [0.3, 0.4) is 0 Å². The first-order valence-electron chi connectivity index (χ1n) is 10.8. The molecule has 33 heavy (non-hydrogen) atoms. The molecule has 4 rings (SSSR count). The molecule has 7 heteroatoms. The molecule has 170 valence electrons. The van der Waals surface area contributed by atoms with E-state index in [9.17, 15) is 4.79 Å². The minimum absolute atomic E-state index is 0.0905. The Morgan fingerprint density at radius 2 is 2.06 bits per heavy atom. The molecule has 2 N–H and O–H groups in total. The highest BCUT2D eigenvalue weighted by atomic mass is 32.1. The Bertz CT molecular complexity index is 1270. The Labute approximate surface area is 197 Å². The van der Waals surface area contributed by atoms with Gasteiger partial charge < -0.3 is 10.1 Å². The summed E-state index contributed by atoms with van der Waals surface area (Å²) in [6.45, 7) is 4.23. The van der Waals surface area contributed by atoms with Crippen LogP contribution in [0, 0.1) is 6.92 Å². The van der Waals surface area contributed by atoms with Crippen LogP contribution < -0.4 is 5.32 Å². The molecule has 2 aromatic heterocycles. The quantitative estimate of drug-likeness (QED) is 0.349. The third-order valence-electron chi connectivity index (χ3n) is 5.48. The van der Waals surface area contributed by atoms with Crippen LogP contribution in [0.15, 0.2) is 53.9 Å². The summed E-state index contributed by atoms with van der Waals surface area (Å²) in [5.74, 6) is -0.0905. The molecule has 2 heterocycles. The topological polar surface area (TPSA) is 70.2 Å². The first kappa shape index (κ1) is 22.9. The van der Waals surface area contributed by atoms with Crippen LogP contribution in [-0.4, -0.2) is 48.3 Å². The van der Waals surface area contributed by atoms with Crippen LogP contribution in [0.1, 0.15) is 32.1 Å². The summed E-state index contributed by atoms with van der Waals surface area (Å²) in [6.07, 6.45) is 3.97. The van der Waals surface area contributed by atoms with E-state index < -0.39 is 0 Å². The lowest BCUT2D eigenvalue weighted by Crippen LogP contribution is -2.22. The Balaban J connectivity index is 1.63. The van der Waals surface area contributed by atoms with Crippen molar-refractivity contribution in [3.8, 4) is 0 Å². The number of likely N-dealkylation sites (N-methyl/N-ethyl adjacent to an activating group) is 1. The lowest BCUT2D eigenvalue weighted by atomic mass is 10.1. The first-order valence-corrected chi connectivity index (χ1v) is 11.7. The number of anilines is 1. The monoisotopic (exact) mass is 460 g/mol. The molecule has 0 bridgehead atoms. The third kappa shape index (κ3) is 5.57. The van der Waals surface area contributed by atoms with Gasteiger partial charge in [0.1, 0.15) is 0 Å². The van der Waals surface area contributed by atoms with Crippen LogP contribution in [0.5, 0.6) is 0 Å². The minimum Gasteiger partial charge on any atom is -0.383 e. The average Bonchev–Trinajstić information content (AvgIpc) is 3.43. The number of aryl methyl sites for hydroxylation is 1. The largest absolute Gasteiger partial charge is 0.383 e. The van der Waals surface area contributed by atoms with Gasteiger partial charge in [-0.3, -0.25) is 14.8 Å². The first-order chi connectivity index (χ1) is 16.0. The molecular weight excluding hydrogens is 432 g/mol. The number of H-pyrrole nitrogens is 1. The van der Waals surface area contributed by atoms with Crippen LogP contribution in [-0.2, 0) is 11.3 Å². The van der Waals surface area contributed by atoms with Gasteiger partial charge in [-0.2, -0.15) is 5.10 Å². The number of ether oxygens (including phenoxy) is 1. The smallest absolute Gasteiger partial charge is 0.266 e. The number of amides is 1. The molecule has 0 unspecified atom stereocenters. The minimum atomic E-state index is -0.0905. The highest BCUT2D eigenvalue weighted by Gasteiger charge is 2.13. The fourth-order valence-corrected chi connectivity index (χ4v) is 4.48. The molecule has 0 radical (unpaired) electrons. The van der Waals surface area contributed by atoms with E-state index in [-0.39, 0.29) is 5.91 Å². The fourth-order valence-electron chi connectivity index (χ4n) is 3.66. The summed E-state index contributed by atoms with van der Waals surface area (Å²) in [5, 5.41) is 13.6. The SMILES string of the molecule is COCCN(C)Cc1ccc(C=Cc2n[nH]c3ccccc23)c(NC(=O)c2sccc2C)c1. The van der Waals surface area contributed by atoms with E-state index >= 15 is 0 Å². The lowest BCUT2D eigenvalue weighted by Gasteiger charge is -2.17. The highest BCUT2D eigenvalue weighted by Crippen LogP contribution is 2.25. The van der Waals surface area contributed by atoms with Crippen molar-refractivity contribution in [2.24, 2.45) is 0 Å². The highest BCUT2D eigenvalue weighted by molar-refractivity contribution is 7.12. The van der Waals surface area contributed by atoms with Gasteiger partial charge in [-0.1, -0.05) is 36.4 Å². The fraction of sp³-hybridized carbons (Fsp3) is 0.231. The molecule has 1 amide bonds. The van der Waals surface area contributed by atoms with Gasteiger partial charge in [-0.05, 0) is 60.3 Å². The number of hydrogen-bond acceptors (Lipinski definition) is 5. The van der Waals surface area contributed by atoms with Crippen molar-refractivity contribution < 1.29 is 9.53 Å². The van der Waals surface area contributed by atoms with Gasteiger partial charge in [0, 0.05) is 31.3 Å². The molecule has 0 aliphatic heterocycles. The summed E-state index contributed by atoms with van der Waals surface area (Å²) in [5.41, 5.74) is 5.66. The number of rotatable bonds is 9. The number of benzene rings is 2. The Kier molecular flexibility index (Phi) is 7.34. The standard InChI is InChI=1S/C26H28N4O2S/c1-18-12-15-33-25(18)26(31)27-24-16-19(17-30(2)13-14-32-3)8-9-20(24)10-11-23-21-6-4-5-7-22(21)28-29-23/h4-12,15-16H,13-14,17H2,1-3H3,(H,27,31)(H,28,29). The van der Waals surface area contributed by atoms with Gasteiger partial charge in [0.15, 0.2) is 0 Å². The van der Waals surface area contributed by atoms with Crippen LogP contribution in [0.2, 0.25) is 0 Å². The van der Waals surface area contributed by atoms with Gasteiger partial charge in [0.2, 0.25) is 0 Å². The summed E-state index contributed by atoms with van der Waals surface area (Å²) in [4.78, 5) is 15.9. The zero-order chi connectivity index (χ0) is 23.2. The molecule has 0 saturated carbocycles. The molecule has 0 saturated heterocycles. The number of carbonyl (C=O) groups excluding carboxylic acids is 1. The van der Waals surface area contributed by atoms with Gasteiger partial charge in [0.25, 0.3) is 5.91 Å². The number of thiophene rings is 1. The van der Waals surface area contributed by atoms with Crippen molar-refractivity contribution in [2.45, 2.75) is 13.5 Å². The summed E-state index contributed by atoms with van der Waals surface area (Å²) >= 11 is 1.45. The Morgan fingerprint density at radius 1 is 1.21 bits per heavy atom. The van der Waals surface area contributed by atoms with E-state index in [0.29, 0.717) is 6.61 Å². The number of aromatic nitrogens is 2. The second kappa shape index (κ2) is 10.6. The van der Waals surface area contributed by atoms with Crippen molar-refractivity contribution in [1.29, 1.82) is 0 Å². The zero-order valence-corrected chi connectivity index (χ0v) is 19.9. The lowest BCUT2D eigenvalue weighted by molar-refractivity contribution is 0.103. The maximum Gasteiger partial charge on any atom is 0.266 e. The van der Waals surface area contributed by atoms with Crippen molar-refractivity contribution in [2.75, 3.05) is 32.6 Å². The van der Waals surface area contributed by atoms with Crippen molar-refractivity contribution >= 4 is 46.0 Å². The van der Waals surface area contributed by atoms with Crippen molar-refractivity contribution in [3.63, 3.8) is 0 Å². The average molecular weight is 461 g/mol. The number of carbonyl (C=O) groups is 1. The van der Waals surface area contributed by atoms with Gasteiger partial charge in [0.05, 0.1) is 22.7 Å². The summed E-state index contributed by atoms with van der Waals surface area (Å²) in [6, 6.07) is 16.2. The Morgan fingerprint density at radius 3 is 2.85 bits per heavy atom. The van der Waals surface area contributed by atoms with E-state index in [1.54, 1.807) is 7.11 Å². The van der Waals surface area contributed by atoms with E-state index in [2.05, 4.69) is 33.5 Å². The van der Waals surface area contributed by atoms with Crippen LogP contribution in [0.4, 0.5) is 5.69 Å². The predicted molar refractivity (Wildman–Crippen MR) is 137 cm³/mol. The van der Waals surface area contributed by atoms with Crippen LogP contribution in [0.25, 0.3) is 23.1 Å². The van der Waals surface area contributed by atoms with Crippen LogP contribution >= 0.6 is 11.3 Å². The van der Waals surface area contributed by atoms with Gasteiger partial charge >= 0.3 is 0 Å². The molecule has 4 aromatic rings. The predicted octanol–water partition coefficient (Wildman–Crippen LogP) is 5.43.